The van der Waals surface area contributed by atoms with E-state index in [1.165, 1.54) is 18.2 Å². The number of anilines is 1. The first-order valence-electron chi connectivity index (χ1n) is 9.96. The molecule has 4 amide bonds. The third-order valence-electron chi connectivity index (χ3n) is 4.84. The van der Waals surface area contributed by atoms with Gasteiger partial charge in [-0.2, -0.15) is 0 Å². The van der Waals surface area contributed by atoms with Crippen LogP contribution in [0, 0.1) is 0 Å². The number of hydrogen-bond donors (Lipinski definition) is 2. The summed E-state index contributed by atoms with van der Waals surface area (Å²) in [5.41, 5.74) is 0.669. The van der Waals surface area contributed by atoms with E-state index >= 15 is 0 Å². The summed E-state index contributed by atoms with van der Waals surface area (Å²) in [4.78, 5) is 49.8. The molecule has 0 radical (unpaired) electrons. The summed E-state index contributed by atoms with van der Waals surface area (Å²) in [6, 6.07) is 14.9. The lowest BCUT2D eigenvalue weighted by atomic mass is 10.1. The smallest absolute Gasteiger partial charge is 0.336 e. The minimum atomic E-state index is -1.04. The van der Waals surface area contributed by atoms with Crippen molar-refractivity contribution in [3.05, 3.63) is 77.6 Å². The van der Waals surface area contributed by atoms with Gasteiger partial charge in [-0.15, -0.1) is 0 Å². The molecule has 0 spiro atoms. The topological polar surface area (TPSA) is 126 Å². The van der Waals surface area contributed by atoms with Crippen molar-refractivity contribution in [1.82, 2.24) is 5.32 Å². The average molecular weight is 446 g/mol. The van der Waals surface area contributed by atoms with Gasteiger partial charge in [0.15, 0.2) is 0 Å². The molecule has 4 rings (SSSR count). The lowest BCUT2D eigenvalue weighted by Gasteiger charge is -2.27. The van der Waals surface area contributed by atoms with Crippen LogP contribution in [0.3, 0.4) is 0 Å². The number of nitrogens with zero attached hydrogens (tertiary/aromatic N) is 1. The number of furan rings is 1. The fraction of sp³-hybridized carbons (Fsp3) is 0.0833. The van der Waals surface area contributed by atoms with Gasteiger partial charge in [0, 0.05) is 5.56 Å². The molecule has 1 aromatic heterocycles. The van der Waals surface area contributed by atoms with Crippen molar-refractivity contribution in [2.75, 3.05) is 11.5 Å². The Morgan fingerprint density at radius 1 is 1.06 bits per heavy atom. The van der Waals surface area contributed by atoms with Crippen molar-refractivity contribution in [3.63, 3.8) is 0 Å². The summed E-state index contributed by atoms with van der Waals surface area (Å²) in [6.07, 6.45) is 1.25. The van der Waals surface area contributed by atoms with E-state index in [0.717, 1.165) is 4.90 Å². The van der Waals surface area contributed by atoms with E-state index in [1.807, 2.05) is 0 Å². The zero-order valence-corrected chi connectivity index (χ0v) is 17.4. The second-order valence-corrected chi connectivity index (χ2v) is 6.94. The predicted molar refractivity (Wildman–Crippen MR) is 118 cm³/mol. The SMILES string of the molecule is CCOc1ccccc1N1C(=O)NC(=O)/C(=C\c2ccc(-c3ccc(C(=O)O)cc3)o2)C1=O. The van der Waals surface area contributed by atoms with Gasteiger partial charge >= 0.3 is 12.0 Å². The van der Waals surface area contributed by atoms with Crippen LogP contribution in [0.5, 0.6) is 5.75 Å². The maximum atomic E-state index is 13.1. The Balaban J connectivity index is 1.65. The monoisotopic (exact) mass is 446 g/mol. The number of hydrogen-bond acceptors (Lipinski definition) is 6. The second kappa shape index (κ2) is 8.83. The third-order valence-corrected chi connectivity index (χ3v) is 4.84. The van der Waals surface area contributed by atoms with Crippen molar-refractivity contribution in [1.29, 1.82) is 0 Å². The predicted octanol–water partition coefficient (Wildman–Crippen LogP) is 3.71. The van der Waals surface area contributed by atoms with E-state index in [1.54, 1.807) is 55.5 Å². The summed E-state index contributed by atoms with van der Waals surface area (Å²) in [5.74, 6) is -1.77. The Labute approximate surface area is 187 Å². The Morgan fingerprint density at radius 2 is 1.79 bits per heavy atom. The van der Waals surface area contributed by atoms with Crippen molar-refractivity contribution >= 4 is 35.6 Å². The van der Waals surface area contributed by atoms with Crippen LogP contribution >= 0.6 is 0 Å². The molecule has 2 aromatic carbocycles. The molecule has 1 aliphatic rings. The molecule has 1 saturated heterocycles. The van der Waals surface area contributed by atoms with Crippen LogP contribution in [0.15, 0.2) is 70.7 Å². The number of carboxylic acid groups (broad SMARTS) is 1. The number of carboxylic acids is 1. The number of nitrogens with one attached hydrogen (secondary N) is 1. The van der Waals surface area contributed by atoms with Crippen LogP contribution in [-0.4, -0.2) is 35.5 Å². The largest absolute Gasteiger partial charge is 0.492 e. The number of rotatable bonds is 6. The van der Waals surface area contributed by atoms with Gasteiger partial charge in [-0.1, -0.05) is 24.3 Å². The highest BCUT2D eigenvalue weighted by Gasteiger charge is 2.38. The number of amides is 4. The number of carbonyl (C=O) groups excluding carboxylic acids is 3. The summed E-state index contributed by atoms with van der Waals surface area (Å²) in [6.45, 7) is 2.10. The Kier molecular flexibility index (Phi) is 5.77. The molecule has 9 nitrogen and oxygen atoms in total. The standard InChI is InChI=1S/C24H18N2O7/c1-2-32-20-6-4-3-5-18(20)26-22(28)17(21(27)25-24(26)31)13-16-11-12-19(33-16)14-7-9-15(10-8-14)23(29)30/h3-13H,2H2,1H3,(H,29,30)(H,25,27,31)/b17-13+. The van der Waals surface area contributed by atoms with Crippen molar-refractivity contribution in [2.24, 2.45) is 0 Å². The number of ether oxygens (including phenoxy) is 1. The van der Waals surface area contributed by atoms with E-state index in [0.29, 0.717) is 23.7 Å². The molecular formula is C24H18N2O7. The van der Waals surface area contributed by atoms with Gasteiger partial charge in [-0.3, -0.25) is 14.9 Å². The Bertz CT molecular complexity index is 1290. The van der Waals surface area contributed by atoms with Gasteiger partial charge in [0.25, 0.3) is 11.8 Å². The third kappa shape index (κ3) is 4.24. The first-order chi connectivity index (χ1) is 15.9. The maximum Gasteiger partial charge on any atom is 0.336 e. The summed E-state index contributed by atoms with van der Waals surface area (Å²) >= 11 is 0. The highest BCUT2D eigenvalue weighted by Crippen LogP contribution is 2.31. The van der Waals surface area contributed by atoms with Crippen molar-refractivity contribution in [3.8, 4) is 17.1 Å². The lowest BCUT2D eigenvalue weighted by Crippen LogP contribution is -2.54. The maximum absolute atomic E-state index is 13.1. The number of imide groups is 2. The molecule has 0 aliphatic carbocycles. The van der Waals surface area contributed by atoms with Gasteiger partial charge in [-0.05, 0) is 49.4 Å². The Hall–Kier alpha value is -4.66. The molecule has 166 valence electrons. The molecule has 0 unspecified atom stereocenters. The van der Waals surface area contributed by atoms with Crippen LogP contribution in [0.25, 0.3) is 17.4 Å². The average Bonchev–Trinajstić information content (AvgIpc) is 3.26. The van der Waals surface area contributed by atoms with Crippen LogP contribution in [-0.2, 0) is 9.59 Å². The molecule has 1 aliphatic heterocycles. The highest BCUT2D eigenvalue weighted by molar-refractivity contribution is 6.39. The van der Waals surface area contributed by atoms with Gasteiger partial charge in [0.2, 0.25) is 0 Å². The zero-order valence-electron chi connectivity index (χ0n) is 17.4. The van der Waals surface area contributed by atoms with Gasteiger partial charge in [0.05, 0.1) is 17.9 Å². The molecule has 33 heavy (non-hydrogen) atoms. The van der Waals surface area contributed by atoms with Crippen LogP contribution in [0.4, 0.5) is 10.5 Å². The zero-order chi connectivity index (χ0) is 23.5. The van der Waals surface area contributed by atoms with Gasteiger partial charge in [-0.25, -0.2) is 14.5 Å². The van der Waals surface area contributed by atoms with Crippen LogP contribution in [0.1, 0.15) is 23.0 Å². The minimum absolute atomic E-state index is 0.134. The number of urea groups is 1. The van der Waals surface area contributed by atoms with E-state index in [4.69, 9.17) is 14.3 Å². The molecule has 2 N–H and O–H groups in total. The number of carbonyl (C=O) groups is 4. The summed E-state index contributed by atoms with van der Waals surface area (Å²) in [7, 11) is 0. The number of aromatic carboxylic acids is 1. The molecule has 0 saturated carbocycles. The summed E-state index contributed by atoms with van der Waals surface area (Å²) < 4.78 is 11.2. The molecule has 1 fully saturated rings. The minimum Gasteiger partial charge on any atom is -0.492 e. The number of benzene rings is 2. The van der Waals surface area contributed by atoms with E-state index < -0.39 is 23.8 Å². The van der Waals surface area contributed by atoms with Gasteiger partial charge in [0.1, 0.15) is 22.8 Å². The molecule has 0 bridgehead atoms. The molecule has 0 atom stereocenters. The number of barbiturate groups is 1. The fourth-order valence-electron chi connectivity index (χ4n) is 3.30. The van der Waals surface area contributed by atoms with E-state index in [-0.39, 0.29) is 22.6 Å². The second-order valence-electron chi connectivity index (χ2n) is 6.94. The van der Waals surface area contributed by atoms with Gasteiger partial charge < -0.3 is 14.3 Å². The fourth-order valence-corrected chi connectivity index (χ4v) is 3.30. The van der Waals surface area contributed by atoms with Crippen LogP contribution in [0.2, 0.25) is 0 Å². The lowest BCUT2D eigenvalue weighted by molar-refractivity contribution is -0.122. The Morgan fingerprint density at radius 3 is 2.48 bits per heavy atom. The summed E-state index contributed by atoms with van der Waals surface area (Å²) in [5, 5.41) is 11.2. The first-order valence-corrected chi connectivity index (χ1v) is 9.96. The molecular weight excluding hydrogens is 428 g/mol. The molecule has 3 aromatic rings. The van der Waals surface area contributed by atoms with E-state index in [9.17, 15) is 19.2 Å². The molecule has 9 heteroatoms. The highest BCUT2D eigenvalue weighted by atomic mass is 16.5. The molecule has 2 heterocycles. The van der Waals surface area contributed by atoms with Crippen molar-refractivity contribution < 1.29 is 33.4 Å². The van der Waals surface area contributed by atoms with E-state index in [2.05, 4.69) is 5.32 Å². The number of para-hydroxylation sites is 2. The normalized spacial score (nSPS) is 15.0. The van der Waals surface area contributed by atoms with Crippen molar-refractivity contribution in [2.45, 2.75) is 6.92 Å². The first kappa shape index (κ1) is 21.6. The van der Waals surface area contributed by atoms with Crippen LogP contribution < -0.4 is 15.0 Å². The quantitative estimate of drug-likeness (QED) is 0.437.